The number of methoxy groups -OCH3 is 1. The van der Waals surface area contributed by atoms with E-state index in [1.54, 1.807) is 17.7 Å². The van der Waals surface area contributed by atoms with Gasteiger partial charge < -0.3 is 14.6 Å². The summed E-state index contributed by atoms with van der Waals surface area (Å²) in [6, 6.07) is 4.05. The molecule has 1 fully saturated rings. The van der Waals surface area contributed by atoms with Crippen LogP contribution in [0.3, 0.4) is 0 Å². The lowest BCUT2D eigenvalue weighted by molar-refractivity contribution is 0.186. The van der Waals surface area contributed by atoms with Gasteiger partial charge in [0.05, 0.1) is 12.3 Å². The Morgan fingerprint density at radius 2 is 2.31 bits per heavy atom. The van der Waals surface area contributed by atoms with Crippen molar-refractivity contribution in [2.24, 2.45) is 0 Å². The molecule has 1 aromatic heterocycles. The third-order valence-electron chi connectivity index (χ3n) is 3.00. The van der Waals surface area contributed by atoms with Gasteiger partial charge in [-0.1, -0.05) is 0 Å². The first kappa shape index (κ1) is 11.2. The molecule has 1 heterocycles. The van der Waals surface area contributed by atoms with Crippen molar-refractivity contribution < 1.29 is 4.74 Å². The Morgan fingerprint density at radius 3 is 2.94 bits per heavy atom. The van der Waals surface area contributed by atoms with Crippen molar-refractivity contribution in [2.75, 3.05) is 19.0 Å². The van der Waals surface area contributed by atoms with Gasteiger partial charge in [-0.15, -0.1) is 0 Å². The zero-order valence-corrected chi connectivity index (χ0v) is 9.61. The molecular weight excluding hydrogens is 204 g/mol. The fourth-order valence-electron chi connectivity index (χ4n) is 1.77. The highest BCUT2D eigenvalue weighted by Crippen LogP contribution is 2.22. The SMILES string of the molecule is COCCn1cc(NC2CCC2)ccc1=O. The fraction of sp³-hybridized carbons (Fsp3) is 0.583. The molecule has 0 bridgehead atoms. The summed E-state index contributed by atoms with van der Waals surface area (Å²) in [6.07, 6.45) is 5.65. The summed E-state index contributed by atoms with van der Waals surface area (Å²) in [5, 5.41) is 3.42. The summed E-state index contributed by atoms with van der Waals surface area (Å²) in [6.45, 7) is 1.17. The number of nitrogens with one attached hydrogen (secondary N) is 1. The maximum Gasteiger partial charge on any atom is 0.250 e. The van der Waals surface area contributed by atoms with E-state index in [1.807, 2.05) is 12.3 Å². The Bertz CT molecular complexity index is 396. The molecule has 1 aliphatic carbocycles. The second-order valence-electron chi connectivity index (χ2n) is 4.21. The Balaban J connectivity index is 2.04. The van der Waals surface area contributed by atoms with Crippen LogP contribution in [0, 0.1) is 0 Å². The minimum Gasteiger partial charge on any atom is -0.383 e. The number of hydrogen-bond donors (Lipinski definition) is 1. The molecule has 0 aliphatic heterocycles. The highest BCUT2D eigenvalue weighted by molar-refractivity contribution is 5.41. The smallest absolute Gasteiger partial charge is 0.250 e. The fourth-order valence-corrected chi connectivity index (χ4v) is 1.77. The maximum absolute atomic E-state index is 11.5. The number of aromatic nitrogens is 1. The average Bonchev–Trinajstić information content (AvgIpc) is 2.23. The molecule has 2 rings (SSSR count). The van der Waals surface area contributed by atoms with E-state index >= 15 is 0 Å². The van der Waals surface area contributed by atoms with Crippen LogP contribution in [0.15, 0.2) is 23.1 Å². The summed E-state index contributed by atoms with van der Waals surface area (Å²) >= 11 is 0. The molecule has 4 heteroatoms. The van der Waals surface area contributed by atoms with Crippen LogP contribution in [-0.2, 0) is 11.3 Å². The lowest BCUT2D eigenvalue weighted by atomic mass is 9.93. The van der Waals surface area contributed by atoms with Gasteiger partial charge in [0.15, 0.2) is 0 Å². The van der Waals surface area contributed by atoms with Gasteiger partial charge in [0.1, 0.15) is 0 Å². The minimum atomic E-state index is 0.0243. The molecule has 0 atom stereocenters. The van der Waals surface area contributed by atoms with Crippen LogP contribution in [0.4, 0.5) is 5.69 Å². The second-order valence-corrected chi connectivity index (χ2v) is 4.21. The Labute approximate surface area is 95.2 Å². The first-order chi connectivity index (χ1) is 7.79. The number of rotatable bonds is 5. The first-order valence-corrected chi connectivity index (χ1v) is 5.75. The molecule has 1 aromatic rings. The van der Waals surface area contributed by atoms with Crippen molar-refractivity contribution in [1.29, 1.82) is 0 Å². The first-order valence-electron chi connectivity index (χ1n) is 5.75. The van der Waals surface area contributed by atoms with Crippen molar-refractivity contribution >= 4 is 5.69 Å². The van der Waals surface area contributed by atoms with Crippen LogP contribution in [0.1, 0.15) is 19.3 Å². The predicted molar refractivity (Wildman–Crippen MR) is 63.8 cm³/mol. The lowest BCUT2D eigenvalue weighted by Crippen LogP contribution is -2.28. The molecule has 0 radical (unpaired) electrons. The van der Waals surface area contributed by atoms with Gasteiger partial charge in [0.2, 0.25) is 0 Å². The van der Waals surface area contributed by atoms with E-state index in [0.29, 0.717) is 19.2 Å². The third-order valence-corrected chi connectivity index (χ3v) is 3.00. The van der Waals surface area contributed by atoms with Gasteiger partial charge in [-0.05, 0) is 25.3 Å². The predicted octanol–water partition coefficient (Wildman–Crippen LogP) is 1.46. The number of anilines is 1. The lowest BCUT2D eigenvalue weighted by Gasteiger charge is -2.27. The standard InChI is InChI=1S/C12H18N2O2/c1-16-8-7-14-9-11(5-6-12(14)15)13-10-3-2-4-10/h5-6,9-10,13H,2-4,7-8H2,1H3. The molecule has 88 valence electrons. The third kappa shape index (κ3) is 2.64. The average molecular weight is 222 g/mol. The van der Waals surface area contributed by atoms with E-state index in [2.05, 4.69) is 5.32 Å². The second kappa shape index (κ2) is 5.16. The van der Waals surface area contributed by atoms with Crippen LogP contribution in [-0.4, -0.2) is 24.3 Å². The molecule has 1 saturated carbocycles. The molecule has 1 aliphatic rings. The van der Waals surface area contributed by atoms with Crippen molar-refractivity contribution in [3.8, 4) is 0 Å². The molecule has 0 saturated heterocycles. The maximum atomic E-state index is 11.5. The van der Waals surface area contributed by atoms with Gasteiger partial charge in [0, 0.05) is 32.0 Å². The highest BCUT2D eigenvalue weighted by Gasteiger charge is 2.16. The van der Waals surface area contributed by atoms with E-state index in [4.69, 9.17) is 4.74 Å². The van der Waals surface area contributed by atoms with Gasteiger partial charge in [-0.3, -0.25) is 4.79 Å². The van der Waals surface area contributed by atoms with Crippen molar-refractivity contribution in [2.45, 2.75) is 31.8 Å². The summed E-state index contributed by atoms with van der Waals surface area (Å²) in [7, 11) is 1.64. The topological polar surface area (TPSA) is 43.3 Å². The van der Waals surface area contributed by atoms with Crippen LogP contribution < -0.4 is 10.9 Å². The van der Waals surface area contributed by atoms with E-state index in [0.717, 1.165) is 5.69 Å². The number of pyridine rings is 1. The summed E-state index contributed by atoms with van der Waals surface area (Å²) in [4.78, 5) is 11.5. The van der Waals surface area contributed by atoms with Gasteiger partial charge in [-0.25, -0.2) is 0 Å². The number of hydrogen-bond acceptors (Lipinski definition) is 3. The monoisotopic (exact) mass is 222 g/mol. The van der Waals surface area contributed by atoms with Gasteiger partial charge >= 0.3 is 0 Å². The van der Waals surface area contributed by atoms with Gasteiger partial charge in [0.25, 0.3) is 5.56 Å². The van der Waals surface area contributed by atoms with E-state index < -0.39 is 0 Å². The van der Waals surface area contributed by atoms with Crippen LogP contribution >= 0.6 is 0 Å². The van der Waals surface area contributed by atoms with Crippen LogP contribution in [0.2, 0.25) is 0 Å². The Kier molecular flexibility index (Phi) is 3.62. The summed E-state index contributed by atoms with van der Waals surface area (Å²) in [5.74, 6) is 0. The van der Waals surface area contributed by atoms with Crippen LogP contribution in [0.5, 0.6) is 0 Å². The summed E-state index contributed by atoms with van der Waals surface area (Å²) < 4.78 is 6.66. The molecule has 1 N–H and O–H groups in total. The molecule has 0 aromatic carbocycles. The van der Waals surface area contributed by atoms with Crippen molar-refractivity contribution in [1.82, 2.24) is 4.57 Å². The largest absolute Gasteiger partial charge is 0.383 e. The molecule has 0 spiro atoms. The molecular formula is C12H18N2O2. The molecule has 0 amide bonds. The minimum absolute atomic E-state index is 0.0243. The number of ether oxygens (including phenoxy) is 1. The Morgan fingerprint density at radius 1 is 1.50 bits per heavy atom. The van der Waals surface area contributed by atoms with E-state index in [1.165, 1.54) is 19.3 Å². The van der Waals surface area contributed by atoms with Crippen LogP contribution in [0.25, 0.3) is 0 Å². The van der Waals surface area contributed by atoms with Crippen molar-refractivity contribution in [3.05, 3.63) is 28.7 Å². The highest BCUT2D eigenvalue weighted by atomic mass is 16.5. The molecule has 16 heavy (non-hydrogen) atoms. The van der Waals surface area contributed by atoms with E-state index in [-0.39, 0.29) is 5.56 Å². The normalized spacial score (nSPS) is 15.8. The summed E-state index contributed by atoms with van der Waals surface area (Å²) in [5.41, 5.74) is 1.05. The van der Waals surface area contributed by atoms with Crippen molar-refractivity contribution in [3.63, 3.8) is 0 Å². The van der Waals surface area contributed by atoms with E-state index in [9.17, 15) is 4.79 Å². The quantitative estimate of drug-likeness (QED) is 0.820. The Hall–Kier alpha value is -1.29. The molecule has 4 nitrogen and oxygen atoms in total. The zero-order valence-electron chi connectivity index (χ0n) is 9.61. The zero-order chi connectivity index (χ0) is 11.4. The number of nitrogens with zero attached hydrogens (tertiary/aromatic N) is 1. The van der Waals surface area contributed by atoms with Gasteiger partial charge in [-0.2, -0.15) is 0 Å². The molecule has 0 unspecified atom stereocenters.